The second-order valence-corrected chi connectivity index (χ2v) is 7.65. The highest BCUT2D eigenvalue weighted by Gasteiger charge is 2.12. The maximum Gasteiger partial charge on any atom is 0.234 e. The number of rotatable bonds is 5. The number of benzene rings is 1. The number of hydrogen-bond acceptors (Lipinski definition) is 6. The predicted octanol–water partition coefficient (Wildman–Crippen LogP) is 2.26. The largest absolute Gasteiger partial charge is 0.324 e. The Kier molecular flexibility index (Phi) is 5.38. The van der Waals surface area contributed by atoms with Gasteiger partial charge in [0.05, 0.1) is 21.4 Å². The Labute approximate surface area is 137 Å². The number of sulfone groups is 1. The molecule has 0 spiro atoms. The van der Waals surface area contributed by atoms with Gasteiger partial charge in [-0.1, -0.05) is 23.4 Å². The summed E-state index contributed by atoms with van der Waals surface area (Å²) in [6, 6.07) is 5.83. The molecule has 1 N–H and O–H groups in total. The van der Waals surface area contributed by atoms with Gasteiger partial charge >= 0.3 is 0 Å². The Morgan fingerprint density at radius 3 is 2.64 bits per heavy atom. The minimum Gasteiger partial charge on any atom is -0.324 e. The van der Waals surface area contributed by atoms with Crippen molar-refractivity contribution in [3.63, 3.8) is 0 Å². The summed E-state index contributed by atoms with van der Waals surface area (Å²) in [4.78, 5) is 20.0. The molecule has 2 rings (SSSR count). The zero-order valence-corrected chi connectivity index (χ0v) is 13.9. The first-order chi connectivity index (χ1) is 10.4. The third-order valence-electron chi connectivity index (χ3n) is 2.51. The van der Waals surface area contributed by atoms with Crippen LogP contribution >= 0.6 is 23.4 Å². The lowest BCUT2D eigenvalue weighted by Gasteiger charge is -2.08. The van der Waals surface area contributed by atoms with Gasteiger partial charge in [-0.3, -0.25) is 4.79 Å². The highest BCUT2D eigenvalue weighted by molar-refractivity contribution is 7.99. The summed E-state index contributed by atoms with van der Waals surface area (Å²) in [5.41, 5.74) is 0.254. The number of halogens is 1. The summed E-state index contributed by atoms with van der Waals surface area (Å²) < 4.78 is 23.0. The van der Waals surface area contributed by atoms with Crippen molar-refractivity contribution in [1.82, 2.24) is 9.97 Å². The molecule has 0 unspecified atom stereocenters. The van der Waals surface area contributed by atoms with Crippen LogP contribution in [0.3, 0.4) is 0 Å². The first kappa shape index (κ1) is 16.7. The average molecular weight is 358 g/mol. The maximum absolute atomic E-state index is 11.9. The number of carbonyl (C=O) groups excluding carboxylic acids is 1. The molecule has 0 aliphatic heterocycles. The molecule has 116 valence electrons. The minimum atomic E-state index is -3.37. The first-order valence-corrected chi connectivity index (χ1v) is 9.31. The molecule has 0 saturated carbocycles. The summed E-state index contributed by atoms with van der Waals surface area (Å²) in [7, 11) is -3.37. The second-order valence-electron chi connectivity index (χ2n) is 4.28. The van der Waals surface area contributed by atoms with Crippen LogP contribution in [0, 0.1) is 0 Å². The van der Waals surface area contributed by atoms with Gasteiger partial charge in [0.2, 0.25) is 5.91 Å². The van der Waals surface area contributed by atoms with Gasteiger partial charge in [0, 0.05) is 18.6 Å². The van der Waals surface area contributed by atoms with E-state index in [1.165, 1.54) is 30.0 Å². The van der Waals surface area contributed by atoms with E-state index in [9.17, 15) is 13.2 Å². The molecule has 1 heterocycles. The summed E-state index contributed by atoms with van der Waals surface area (Å²) in [5.74, 6) is -0.242. The molecule has 0 atom stereocenters. The van der Waals surface area contributed by atoms with Crippen molar-refractivity contribution in [1.29, 1.82) is 0 Å². The molecule has 6 nitrogen and oxygen atoms in total. The summed E-state index contributed by atoms with van der Waals surface area (Å²) in [5, 5.41) is 3.33. The van der Waals surface area contributed by atoms with Crippen LogP contribution < -0.4 is 5.32 Å². The Morgan fingerprint density at radius 2 is 2.00 bits per heavy atom. The van der Waals surface area contributed by atoms with Gasteiger partial charge in [-0.05, 0) is 24.3 Å². The molecule has 0 aliphatic carbocycles. The molecular weight excluding hydrogens is 346 g/mol. The van der Waals surface area contributed by atoms with E-state index in [0.717, 1.165) is 6.26 Å². The van der Waals surface area contributed by atoms with Crippen molar-refractivity contribution in [2.24, 2.45) is 0 Å². The molecular formula is C13H12ClN3O3S2. The van der Waals surface area contributed by atoms with Gasteiger partial charge in [0.15, 0.2) is 15.0 Å². The summed E-state index contributed by atoms with van der Waals surface area (Å²) in [6.07, 6.45) is 4.25. The van der Waals surface area contributed by atoms with E-state index in [-0.39, 0.29) is 27.3 Å². The highest BCUT2D eigenvalue weighted by atomic mass is 35.5. The number of hydrogen-bond donors (Lipinski definition) is 1. The van der Waals surface area contributed by atoms with E-state index in [0.29, 0.717) is 5.16 Å². The molecule has 0 aliphatic rings. The van der Waals surface area contributed by atoms with E-state index in [4.69, 9.17) is 11.6 Å². The topological polar surface area (TPSA) is 89.0 Å². The van der Waals surface area contributed by atoms with Gasteiger partial charge in [-0.2, -0.15) is 0 Å². The number of nitrogens with one attached hydrogen (secondary N) is 1. The van der Waals surface area contributed by atoms with E-state index < -0.39 is 9.84 Å². The monoisotopic (exact) mass is 357 g/mol. The molecule has 0 bridgehead atoms. The van der Waals surface area contributed by atoms with Crippen LogP contribution in [0.25, 0.3) is 0 Å². The molecule has 22 heavy (non-hydrogen) atoms. The Bertz CT molecular complexity index is 782. The van der Waals surface area contributed by atoms with Crippen molar-refractivity contribution < 1.29 is 13.2 Å². The van der Waals surface area contributed by atoms with Crippen molar-refractivity contribution in [3.05, 3.63) is 41.7 Å². The molecule has 1 amide bonds. The maximum atomic E-state index is 11.9. The fourth-order valence-corrected chi connectivity index (χ4v) is 2.92. The smallest absolute Gasteiger partial charge is 0.234 e. The molecule has 0 radical (unpaired) electrons. The molecule has 1 aromatic carbocycles. The van der Waals surface area contributed by atoms with Gasteiger partial charge in [-0.15, -0.1) is 0 Å². The Morgan fingerprint density at radius 1 is 1.32 bits per heavy atom. The number of nitrogens with zero attached hydrogens (tertiary/aromatic N) is 2. The number of thioether (sulfide) groups is 1. The van der Waals surface area contributed by atoms with Crippen LogP contribution in [0.2, 0.25) is 5.02 Å². The highest BCUT2D eigenvalue weighted by Crippen LogP contribution is 2.25. The minimum absolute atomic E-state index is 0.0868. The second kappa shape index (κ2) is 7.08. The first-order valence-electron chi connectivity index (χ1n) is 6.05. The third kappa shape index (κ3) is 4.69. The zero-order valence-electron chi connectivity index (χ0n) is 11.5. The van der Waals surface area contributed by atoms with E-state index >= 15 is 0 Å². The van der Waals surface area contributed by atoms with Crippen LogP contribution in [0.5, 0.6) is 0 Å². The average Bonchev–Trinajstić information content (AvgIpc) is 2.47. The number of carbonyl (C=O) groups is 1. The zero-order chi connectivity index (χ0) is 16.2. The van der Waals surface area contributed by atoms with Crippen LogP contribution in [-0.4, -0.2) is 36.3 Å². The lowest BCUT2D eigenvalue weighted by atomic mass is 10.3. The van der Waals surface area contributed by atoms with Crippen molar-refractivity contribution >= 4 is 44.8 Å². The van der Waals surface area contributed by atoms with Gasteiger partial charge in [0.1, 0.15) is 0 Å². The van der Waals surface area contributed by atoms with Crippen LogP contribution in [0.15, 0.2) is 46.7 Å². The fourth-order valence-electron chi connectivity index (χ4n) is 1.51. The number of amides is 1. The standard InChI is InChI=1S/C13H12ClN3O3S2/c1-22(19,20)9-3-4-10(14)11(7-9)17-12(18)8-21-13-15-5-2-6-16-13/h2-7H,8H2,1H3,(H,17,18). The normalized spacial score (nSPS) is 11.2. The Hall–Kier alpha value is -1.64. The molecule has 1 aromatic heterocycles. The SMILES string of the molecule is CS(=O)(=O)c1ccc(Cl)c(NC(=O)CSc2ncccn2)c1. The van der Waals surface area contributed by atoms with E-state index in [2.05, 4.69) is 15.3 Å². The predicted molar refractivity (Wildman–Crippen MR) is 85.9 cm³/mol. The van der Waals surface area contributed by atoms with Crippen LogP contribution in [0.1, 0.15) is 0 Å². The quantitative estimate of drug-likeness (QED) is 0.652. The van der Waals surface area contributed by atoms with Crippen LogP contribution in [-0.2, 0) is 14.6 Å². The van der Waals surface area contributed by atoms with Gasteiger partial charge in [-0.25, -0.2) is 18.4 Å². The Balaban J connectivity index is 2.05. The van der Waals surface area contributed by atoms with Crippen LogP contribution in [0.4, 0.5) is 5.69 Å². The van der Waals surface area contributed by atoms with Crippen molar-refractivity contribution in [2.45, 2.75) is 10.1 Å². The lowest BCUT2D eigenvalue weighted by Crippen LogP contribution is -2.15. The lowest BCUT2D eigenvalue weighted by molar-refractivity contribution is -0.113. The molecule has 0 saturated heterocycles. The molecule has 9 heteroatoms. The number of anilines is 1. The summed E-state index contributed by atoms with van der Waals surface area (Å²) >= 11 is 7.13. The van der Waals surface area contributed by atoms with Gasteiger partial charge < -0.3 is 5.32 Å². The molecule has 2 aromatic rings. The number of aromatic nitrogens is 2. The van der Waals surface area contributed by atoms with Crippen molar-refractivity contribution in [3.8, 4) is 0 Å². The van der Waals surface area contributed by atoms with Crippen molar-refractivity contribution in [2.75, 3.05) is 17.3 Å². The van der Waals surface area contributed by atoms with E-state index in [1.807, 2.05) is 0 Å². The fraction of sp³-hybridized carbons (Fsp3) is 0.154. The summed E-state index contributed by atoms with van der Waals surface area (Å²) in [6.45, 7) is 0. The third-order valence-corrected chi connectivity index (χ3v) is 4.83. The molecule has 0 fully saturated rings. The van der Waals surface area contributed by atoms with Gasteiger partial charge in [0.25, 0.3) is 0 Å². The van der Waals surface area contributed by atoms with E-state index in [1.54, 1.807) is 18.5 Å².